The Labute approximate surface area is 131 Å². The summed E-state index contributed by atoms with van der Waals surface area (Å²) in [6, 6.07) is 1.83. The Kier molecular flexibility index (Phi) is 3.94. The summed E-state index contributed by atoms with van der Waals surface area (Å²) in [5, 5.41) is 20.8. The summed E-state index contributed by atoms with van der Waals surface area (Å²) in [7, 11) is 0. The number of rotatable bonds is 5. The number of nitrogens with one attached hydrogen (secondary N) is 2. The quantitative estimate of drug-likeness (QED) is 0.495. The lowest BCUT2D eigenvalue weighted by molar-refractivity contribution is 0.946. The smallest absolute Gasteiger partial charge is 0.165 e. The molecule has 0 aliphatic carbocycles. The van der Waals surface area contributed by atoms with Crippen LogP contribution in [-0.4, -0.2) is 24.8 Å². The standard InChI is InChI=1S/C14H15N7S/c1-9(2)5-13(22-15)20-12-3-4-16-14-11(8-19-21(12)14)10-6-17-18-7-10/h3-8,20H,1,15H2,2H3,(H,17,18)/b13-5-. The van der Waals surface area contributed by atoms with Gasteiger partial charge in [0.05, 0.1) is 17.4 Å². The van der Waals surface area contributed by atoms with E-state index in [4.69, 9.17) is 5.14 Å². The zero-order valence-electron chi connectivity index (χ0n) is 11.9. The first-order valence-corrected chi connectivity index (χ1v) is 7.40. The minimum Gasteiger partial charge on any atom is -0.334 e. The van der Waals surface area contributed by atoms with Gasteiger partial charge in [0.1, 0.15) is 5.82 Å². The molecule has 0 aromatic carbocycles. The lowest BCUT2D eigenvalue weighted by atomic mass is 10.2. The van der Waals surface area contributed by atoms with Crippen LogP contribution in [0.2, 0.25) is 0 Å². The lowest BCUT2D eigenvalue weighted by Crippen LogP contribution is -2.05. The predicted octanol–water partition coefficient (Wildman–Crippen LogP) is 2.56. The number of anilines is 1. The van der Waals surface area contributed by atoms with Gasteiger partial charge < -0.3 is 5.32 Å². The maximum Gasteiger partial charge on any atom is 0.165 e. The fraction of sp³-hybridized carbons (Fsp3) is 0.0714. The third-order valence-electron chi connectivity index (χ3n) is 2.97. The molecule has 0 amide bonds. The molecule has 4 N–H and O–H groups in total. The van der Waals surface area contributed by atoms with Crippen LogP contribution in [0.4, 0.5) is 5.82 Å². The third-order valence-corrected chi connectivity index (χ3v) is 3.44. The molecule has 0 atom stereocenters. The highest BCUT2D eigenvalue weighted by molar-refractivity contribution is 8.01. The zero-order chi connectivity index (χ0) is 15.5. The summed E-state index contributed by atoms with van der Waals surface area (Å²) in [5.41, 5.74) is 3.49. The van der Waals surface area contributed by atoms with E-state index in [9.17, 15) is 0 Å². The first-order valence-electron chi connectivity index (χ1n) is 6.52. The van der Waals surface area contributed by atoms with Crippen molar-refractivity contribution in [1.82, 2.24) is 24.8 Å². The van der Waals surface area contributed by atoms with Gasteiger partial charge in [-0.25, -0.2) is 4.98 Å². The molecule has 22 heavy (non-hydrogen) atoms. The van der Waals surface area contributed by atoms with Crippen LogP contribution in [0.3, 0.4) is 0 Å². The molecular formula is C14H15N7S. The Morgan fingerprint density at radius 3 is 3.05 bits per heavy atom. The molecule has 0 saturated heterocycles. The lowest BCUT2D eigenvalue weighted by Gasteiger charge is -2.09. The number of aromatic nitrogens is 5. The van der Waals surface area contributed by atoms with Crippen LogP contribution in [0, 0.1) is 0 Å². The van der Waals surface area contributed by atoms with E-state index < -0.39 is 0 Å². The van der Waals surface area contributed by atoms with E-state index in [1.807, 2.05) is 19.1 Å². The molecule has 8 heteroatoms. The molecule has 3 aromatic rings. The van der Waals surface area contributed by atoms with Crippen LogP contribution in [-0.2, 0) is 0 Å². The third kappa shape index (κ3) is 2.74. The summed E-state index contributed by atoms with van der Waals surface area (Å²) in [5.74, 6) is 0.769. The summed E-state index contributed by atoms with van der Waals surface area (Å²) in [4.78, 5) is 4.40. The Bertz CT molecular complexity index is 832. The van der Waals surface area contributed by atoms with Crippen molar-refractivity contribution in [2.24, 2.45) is 5.14 Å². The summed E-state index contributed by atoms with van der Waals surface area (Å²) in [6.07, 6.45) is 8.90. The fourth-order valence-corrected chi connectivity index (χ4v) is 2.47. The largest absolute Gasteiger partial charge is 0.334 e. The fourth-order valence-electron chi connectivity index (χ4n) is 2.04. The molecule has 0 bridgehead atoms. The molecule has 0 spiro atoms. The van der Waals surface area contributed by atoms with Gasteiger partial charge in [0.2, 0.25) is 0 Å². The molecule has 3 rings (SSSR count). The maximum absolute atomic E-state index is 5.68. The number of hydrogen-bond acceptors (Lipinski definition) is 6. The Morgan fingerprint density at radius 2 is 2.36 bits per heavy atom. The molecule has 3 heterocycles. The van der Waals surface area contributed by atoms with Crippen LogP contribution in [0.1, 0.15) is 6.92 Å². The van der Waals surface area contributed by atoms with Gasteiger partial charge in [-0.1, -0.05) is 12.2 Å². The van der Waals surface area contributed by atoms with Gasteiger partial charge in [0.15, 0.2) is 5.65 Å². The number of allylic oxidation sites excluding steroid dienone is 2. The molecule has 112 valence electrons. The summed E-state index contributed by atoms with van der Waals surface area (Å²) in [6.45, 7) is 5.76. The number of aromatic amines is 1. The van der Waals surface area contributed by atoms with E-state index >= 15 is 0 Å². The van der Waals surface area contributed by atoms with Gasteiger partial charge in [-0.3, -0.25) is 10.2 Å². The first-order chi connectivity index (χ1) is 10.7. The van der Waals surface area contributed by atoms with E-state index in [1.54, 1.807) is 29.3 Å². The molecule has 0 radical (unpaired) electrons. The number of nitrogens with zero attached hydrogens (tertiary/aromatic N) is 4. The van der Waals surface area contributed by atoms with Crippen molar-refractivity contribution in [3.8, 4) is 11.1 Å². The highest BCUT2D eigenvalue weighted by atomic mass is 32.2. The highest BCUT2D eigenvalue weighted by Crippen LogP contribution is 2.25. The first kappa shape index (κ1) is 14.4. The van der Waals surface area contributed by atoms with Crippen molar-refractivity contribution in [2.75, 3.05) is 5.32 Å². The van der Waals surface area contributed by atoms with Crippen molar-refractivity contribution in [1.29, 1.82) is 0 Å². The summed E-state index contributed by atoms with van der Waals surface area (Å²) < 4.78 is 1.73. The van der Waals surface area contributed by atoms with Gasteiger partial charge in [-0.15, -0.1) is 0 Å². The second kappa shape index (κ2) is 6.04. The Balaban J connectivity index is 2.03. The van der Waals surface area contributed by atoms with Crippen LogP contribution in [0.25, 0.3) is 16.8 Å². The van der Waals surface area contributed by atoms with Gasteiger partial charge in [0, 0.05) is 23.5 Å². The molecule has 7 nitrogen and oxygen atoms in total. The van der Waals surface area contributed by atoms with E-state index in [0.717, 1.165) is 45.1 Å². The molecular weight excluding hydrogens is 298 g/mol. The minimum atomic E-state index is 0.739. The van der Waals surface area contributed by atoms with Crippen molar-refractivity contribution < 1.29 is 0 Å². The van der Waals surface area contributed by atoms with E-state index in [2.05, 4.69) is 32.2 Å². The molecule has 0 unspecified atom stereocenters. The van der Waals surface area contributed by atoms with Gasteiger partial charge in [-0.05, 0) is 31.0 Å². The molecule has 0 fully saturated rings. The predicted molar refractivity (Wildman–Crippen MR) is 88.9 cm³/mol. The second-order valence-corrected chi connectivity index (χ2v) is 5.38. The highest BCUT2D eigenvalue weighted by Gasteiger charge is 2.11. The SMILES string of the molecule is C=C(C)/C=C(/Nc1ccnc2c(-c3cn[nH]c3)cnn12)SN. The van der Waals surface area contributed by atoms with Crippen molar-refractivity contribution in [3.63, 3.8) is 0 Å². The van der Waals surface area contributed by atoms with Gasteiger partial charge in [0.25, 0.3) is 0 Å². The number of nitrogens with two attached hydrogens (primary N) is 1. The van der Waals surface area contributed by atoms with Crippen LogP contribution in [0.15, 0.2) is 54.1 Å². The Morgan fingerprint density at radius 1 is 1.50 bits per heavy atom. The van der Waals surface area contributed by atoms with Gasteiger partial charge >= 0.3 is 0 Å². The average molecular weight is 313 g/mol. The Hall–Kier alpha value is -2.58. The van der Waals surface area contributed by atoms with E-state index in [1.165, 1.54) is 0 Å². The van der Waals surface area contributed by atoms with E-state index in [-0.39, 0.29) is 0 Å². The van der Waals surface area contributed by atoms with Crippen molar-refractivity contribution in [2.45, 2.75) is 6.92 Å². The van der Waals surface area contributed by atoms with Gasteiger partial charge in [-0.2, -0.15) is 14.7 Å². The monoisotopic (exact) mass is 313 g/mol. The average Bonchev–Trinajstić information content (AvgIpc) is 3.15. The van der Waals surface area contributed by atoms with Crippen molar-refractivity contribution >= 4 is 23.4 Å². The summed E-state index contributed by atoms with van der Waals surface area (Å²) >= 11 is 1.12. The molecule has 0 aliphatic rings. The zero-order valence-corrected chi connectivity index (χ0v) is 12.8. The molecule has 0 aliphatic heterocycles. The number of H-pyrrole nitrogens is 1. The van der Waals surface area contributed by atoms with Crippen LogP contribution < -0.4 is 10.5 Å². The number of fused-ring (bicyclic) bond motifs is 1. The van der Waals surface area contributed by atoms with Crippen LogP contribution >= 0.6 is 11.9 Å². The number of hydrogen-bond donors (Lipinski definition) is 3. The van der Waals surface area contributed by atoms with E-state index in [0.29, 0.717) is 0 Å². The molecule has 3 aromatic heterocycles. The normalized spacial score (nSPS) is 11.8. The minimum absolute atomic E-state index is 0.739. The topological polar surface area (TPSA) is 96.9 Å². The van der Waals surface area contributed by atoms with Crippen LogP contribution in [0.5, 0.6) is 0 Å². The molecule has 0 saturated carbocycles. The maximum atomic E-state index is 5.68. The second-order valence-electron chi connectivity index (χ2n) is 4.71. The van der Waals surface area contributed by atoms with Crippen molar-refractivity contribution in [3.05, 3.63) is 54.1 Å².